The first-order valence-electron chi connectivity index (χ1n) is 4.09. The van der Waals surface area contributed by atoms with Crippen molar-refractivity contribution in [3.05, 3.63) is 40.9 Å². The quantitative estimate of drug-likeness (QED) is 0.242. The van der Waals surface area contributed by atoms with E-state index in [1.807, 2.05) is 0 Å². The molecule has 15 heavy (non-hydrogen) atoms. The van der Waals surface area contributed by atoms with Crippen molar-refractivity contribution >= 4 is 18.0 Å². The topological polar surface area (TPSA) is 79.8 Å². The lowest BCUT2D eigenvalue weighted by Gasteiger charge is -1.98. The molecule has 0 amide bonds. The second-order valence-electron chi connectivity index (χ2n) is 2.68. The van der Waals surface area contributed by atoms with Gasteiger partial charge in [-0.15, -0.1) is 0 Å². The Morgan fingerprint density at radius 1 is 1.27 bits per heavy atom. The Kier molecular flexibility index (Phi) is 3.49. The summed E-state index contributed by atoms with van der Waals surface area (Å²) in [5.74, 6) is -0.904. The van der Waals surface area contributed by atoms with Crippen molar-refractivity contribution in [1.29, 1.82) is 0 Å². The van der Waals surface area contributed by atoms with E-state index in [2.05, 4.69) is 9.53 Å². The van der Waals surface area contributed by atoms with Crippen LogP contribution in [0.5, 0.6) is 0 Å². The van der Waals surface area contributed by atoms with Gasteiger partial charge in [-0.05, 0) is 24.3 Å². The highest BCUT2D eigenvalue weighted by Gasteiger charge is 2.09. The van der Waals surface area contributed by atoms with Crippen LogP contribution in [0.4, 0.5) is 0 Å². The third-order valence-electron chi connectivity index (χ3n) is 1.77. The Morgan fingerprint density at radius 3 is 2.27 bits per heavy atom. The van der Waals surface area contributed by atoms with Crippen LogP contribution in [0.25, 0.3) is 5.53 Å². The predicted molar refractivity (Wildman–Crippen MR) is 51.8 cm³/mol. The molecule has 1 aromatic carbocycles. The van der Waals surface area contributed by atoms with Crippen LogP contribution < -0.4 is 0 Å². The molecule has 0 aliphatic rings. The molecule has 0 radical (unpaired) electrons. The van der Waals surface area contributed by atoms with Crippen molar-refractivity contribution in [2.45, 2.75) is 0 Å². The third-order valence-corrected chi connectivity index (χ3v) is 1.77. The van der Waals surface area contributed by atoms with Gasteiger partial charge >= 0.3 is 12.2 Å². The molecule has 0 saturated carbocycles. The fraction of sp³-hybridized carbons (Fsp3) is 0.100. The van der Waals surface area contributed by atoms with Gasteiger partial charge in [0.15, 0.2) is 0 Å². The highest BCUT2D eigenvalue weighted by Crippen LogP contribution is 2.05. The summed E-state index contributed by atoms with van der Waals surface area (Å²) >= 11 is 0. The molecule has 0 N–H and O–H groups in total. The van der Waals surface area contributed by atoms with Gasteiger partial charge in [0.1, 0.15) is 0 Å². The monoisotopic (exact) mass is 204 g/mol. The summed E-state index contributed by atoms with van der Waals surface area (Å²) in [6, 6.07) is 5.83. The fourth-order valence-electron chi connectivity index (χ4n) is 1.02. The van der Waals surface area contributed by atoms with Gasteiger partial charge in [-0.2, -0.15) is 4.79 Å². The van der Waals surface area contributed by atoms with Crippen molar-refractivity contribution in [3.8, 4) is 0 Å². The summed E-state index contributed by atoms with van der Waals surface area (Å²) in [4.78, 5) is 24.8. The number of ether oxygens (including phenoxy) is 1. The van der Waals surface area contributed by atoms with Crippen LogP contribution in [0.15, 0.2) is 24.3 Å². The fourth-order valence-corrected chi connectivity index (χ4v) is 1.02. The van der Waals surface area contributed by atoms with E-state index in [-0.39, 0.29) is 0 Å². The number of esters is 1. The Hall–Kier alpha value is -2.26. The van der Waals surface area contributed by atoms with Gasteiger partial charge in [0.25, 0.3) is 5.78 Å². The van der Waals surface area contributed by atoms with E-state index < -0.39 is 11.8 Å². The smallest absolute Gasteiger partial charge is 0.337 e. The molecule has 5 heteroatoms. The van der Waals surface area contributed by atoms with E-state index in [1.54, 1.807) is 0 Å². The molecular formula is C10H8N2O3. The average molecular weight is 204 g/mol. The van der Waals surface area contributed by atoms with Crippen molar-refractivity contribution < 1.29 is 19.1 Å². The molecule has 5 nitrogen and oxygen atoms in total. The van der Waals surface area contributed by atoms with E-state index in [9.17, 15) is 9.59 Å². The van der Waals surface area contributed by atoms with Crippen LogP contribution in [0.2, 0.25) is 0 Å². The van der Waals surface area contributed by atoms with Crippen molar-refractivity contribution in [1.82, 2.24) is 0 Å². The maximum Gasteiger partial charge on any atom is 0.337 e. The first-order chi connectivity index (χ1) is 7.19. The van der Waals surface area contributed by atoms with Crippen LogP contribution in [0, 0.1) is 0 Å². The summed E-state index contributed by atoms with van der Waals surface area (Å²) < 4.78 is 4.49. The molecule has 1 aromatic rings. The summed E-state index contributed by atoms with van der Waals surface area (Å²) in [6.45, 7) is 0. The lowest BCUT2D eigenvalue weighted by Crippen LogP contribution is -2.04. The highest BCUT2D eigenvalue weighted by molar-refractivity contribution is 6.33. The first kappa shape index (κ1) is 10.8. The number of benzene rings is 1. The number of carbonyl (C=O) groups is 2. The minimum atomic E-state index is -0.468. The second kappa shape index (κ2) is 4.83. The lowest BCUT2D eigenvalue weighted by atomic mass is 10.1. The first-order valence-corrected chi connectivity index (χ1v) is 4.09. The Bertz CT molecular complexity index is 430. The number of nitrogens with zero attached hydrogens (tertiary/aromatic N) is 2. The molecule has 0 bridgehead atoms. The van der Waals surface area contributed by atoms with E-state index in [0.29, 0.717) is 11.1 Å². The maximum atomic E-state index is 11.2. The highest BCUT2D eigenvalue weighted by atomic mass is 16.5. The Balaban J connectivity index is 2.94. The van der Waals surface area contributed by atoms with Crippen LogP contribution in [-0.4, -0.2) is 29.9 Å². The third kappa shape index (κ3) is 2.59. The SMILES string of the molecule is COC(=O)c1ccc(C(=O)C=[N+]=[N-])cc1. The molecule has 1 rings (SSSR count). The van der Waals surface area contributed by atoms with E-state index in [0.717, 1.165) is 6.21 Å². The van der Waals surface area contributed by atoms with E-state index in [1.165, 1.54) is 31.4 Å². The van der Waals surface area contributed by atoms with E-state index >= 15 is 0 Å². The maximum absolute atomic E-state index is 11.2. The number of carbonyl (C=O) groups excluding carboxylic acids is 2. The molecule has 0 atom stereocenters. The molecule has 0 aromatic heterocycles. The zero-order valence-corrected chi connectivity index (χ0v) is 8.01. The average Bonchev–Trinajstić information content (AvgIpc) is 2.28. The van der Waals surface area contributed by atoms with Crippen molar-refractivity contribution in [3.63, 3.8) is 0 Å². The second-order valence-corrected chi connectivity index (χ2v) is 2.68. The predicted octanol–water partition coefficient (Wildman–Crippen LogP) is 0.956. The summed E-state index contributed by atoms with van der Waals surface area (Å²) in [5.41, 5.74) is 8.84. The summed E-state index contributed by atoms with van der Waals surface area (Å²) in [6.07, 6.45) is 0.785. The van der Waals surface area contributed by atoms with Gasteiger partial charge in [0.2, 0.25) is 0 Å². The molecule has 0 spiro atoms. The minimum Gasteiger partial charge on any atom is -0.465 e. The van der Waals surface area contributed by atoms with Gasteiger partial charge in [0, 0.05) is 5.56 Å². The van der Waals surface area contributed by atoms with Gasteiger partial charge in [-0.25, -0.2) is 4.79 Å². The van der Waals surface area contributed by atoms with E-state index in [4.69, 9.17) is 5.53 Å². The number of Topliss-reactive ketones (excluding diaryl/α,β-unsaturated/α-hetero) is 1. The van der Waals surface area contributed by atoms with Gasteiger partial charge in [0.05, 0.1) is 12.7 Å². The minimum absolute atomic E-state index is 0.334. The number of ketones is 1. The molecule has 0 saturated heterocycles. The molecule has 76 valence electrons. The zero-order chi connectivity index (χ0) is 11.3. The number of hydrogen-bond acceptors (Lipinski definition) is 3. The molecule has 0 fully saturated rings. The molecule has 0 aliphatic heterocycles. The normalized spacial score (nSPS) is 8.87. The number of hydrogen-bond donors (Lipinski definition) is 0. The van der Waals surface area contributed by atoms with Crippen molar-refractivity contribution in [2.75, 3.05) is 7.11 Å². The lowest BCUT2D eigenvalue weighted by molar-refractivity contribution is 0.00234. The molecular weight excluding hydrogens is 196 g/mol. The Morgan fingerprint density at radius 2 is 1.80 bits per heavy atom. The van der Waals surface area contributed by atoms with Crippen molar-refractivity contribution in [2.24, 2.45) is 0 Å². The van der Waals surface area contributed by atoms with Crippen LogP contribution in [-0.2, 0) is 4.74 Å². The molecule has 0 unspecified atom stereocenters. The Labute approximate surface area is 85.9 Å². The summed E-state index contributed by atoms with van der Waals surface area (Å²) in [7, 11) is 1.28. The van der Waals surface area contributed by atoms with Crippen LogP contribution >= 0.6 is 0 Å². The largest absolute Gasteiger partial charge is 0.465 e. The number of rotatable bonds is 3. The zero-order valence-electron chi connectivity index (χ0n) is 8.01. The number of methoxy groups -OCH3 is 1. The van der Waals surface area contributed by atoms with Gasteiger partial charge in [-0.1, -0.05) is 0 Å². The standard InChI is InChI=1S/C10H8N2O3/c1-15-10(14)8-4-2-7(3-5-8)9(13)6-12-11/h2-6H,1H3. The molecule has 0 heterocycles. The van der Waals surface area contributed by atoms with Gasteiger partial charge < -0.3 is 10.3 Å². The molecule has 0 aliphatic carbocycles. The van der Waals surface area contributed by atoms with Crippen LogP contribution in [0.1, 0.15) is 20.7 Å². The summed E-state index contributed by atoms with van der Waals surface area (Å²) in [5, 5.41) is 0. The van der Waals surface area contributed by atoms with Crippen LogP contribution in [0.3, 0.4) is 0 Å². The van der Waals surface area contributed by atoms with Gasteiger partial charge in [-0.3, -0.25) is 4.79 Å².